The second kappa shape index (κ2) is 5.71. The van der Waals surface area contributed by atoms with Crippen LogP contribution in [0.3, 0.4) is 0 Å². The minimum atomic E-state index is -0.0787. The molecule has 0 amide bonds. The maximum atomic E-state index is 9.32. The van der Waals surface area contributed by atoms with E-state index in [1.54, 1.807) is 12.3 Å². The van der Waals surface area contributed by atoms with E-state index in [0.717, 1.165) is 18.7 Å². The third kappa shape index (κ3) is 2.34. The van der Waals surface area contributed by atoms with Crippen molar-refractivity contribution in [2.24, 2.45) is 0 Å². The van der Waals surface area contributed by atoms with Gasteiger partial charge in [-0.15, -0.1) is 0 Å². The van der Waals surface area contributed by atoms with Gasteiger partial charge >= 0.3 is 0 Å². The van der Waals surface area contributed by atoms with Crippen LogP contribution in [0.2, 0.25) is 0 Å². The van der Waals surface area contributed by atoms with Crippen LogP contribution in [-0.2, 0) is 12.0 Å². The van der Waals surface area contributed by atoms with Gasteiger partial charge in [0.25, 0.3) is 0 Å². The number of rotatable bonds is 3. The molecular weight excluding hydrogens is 248 g/mol. The first-order valence-corrected chi connectivity index (χ1v) is 7.34. The Morgan fingerprint density at radius 1 is 1.00 bits per heavy atom. The van der Waals surface area contributed by atoms with Crippen LogP contribution < -0.4 is 0 Å². The molecule has 1 fully saturated rings. The molecule has 3 nitrogen and oxygen atoms in total. The Labute approximate surface area is 119 Å². The molecule has 0 aliphatic heterocycles. The second-order valence-electron chi connectivity index (χ2n) is 5.54. The van der Waals surface area contributed by atoms with Crippen molar-refractivity contribution in [3.8, 4) is 0 Å². The van der Waals surface area contributed by atoms with E-state index in [2.05, 4.69) is 34.2 Å². The molecule has 0 bridgehead atoms. The molecule has 2 aromatic rings. The summed E-state index contributed by atoms with van der Waals surface area (Å²) in [5.74, 6) is 0.870. The average Bonchev–Trinajstić information content (AvgIpc) is 2.56. The highest BCUT2D eigenvalue weighted by molar-refractivity contribution is 5.33. The monoisotopic (exact) mass is 268 g/mol. The summed E-state index contributed by atoms with van der Waals surface area (Å²) in [5.41, 5.74) is 1.93. The van der Waals surface area contributed by atoms with Crippen LogP contribution in [0.25, 0.3) is 0 Å². The van der Waals surface area contributed by atoms with E-state index in [1.807, 2.05) is 6.07 Å². The summed E-state index contributed by atoms with van der Waals surface area (Å²) in [7, 11) is 0. The van der Waals surface area contributed by atoms with E-state index < -0.39 is 0 Å². The molecule has 0 unspecified atom stereocenters. The molecule has 0 radical (unpaired) electrons. The van der Waals surface area contributed by atoms with Gasteiger partial charge in [0.05, 0.1) is 17.7 Å². The number of nitrogens with zero attached hydrogens (tertiary/aromatic N) is 2. The summed E-state index contributed by atoms with van der Waals surface area (Å²) in [6, 6.07) is 12.4. The zero-order valence-corrected chi connectivity index (χ0v) is 11.6. The third-order valence-electron chi connectivity index (χ3n) is 4.34. The largest absolute Gasteiger partial charge is 0.390 e. The van der Waals surface area contributed by atoms with Crippen LogP contribution >= 0.6 is 0 Å². The number of aliphatic hydroxyl groups excluding tert-OH is 1. The Bertz CT molecular complexity index is 562. The van der Waals surface area contributed by atoms with E-state index >= 15 is 0 Å². The molecular formula is C17H20N2O. The molecule has 1 aromatic carbocycles. The van der Waals surface area contributed by atoms with Crippen molar-refractivity contribution >= 4 is 0 Å². The summed E-state index contributed by atoms with van der Waals surface area (Å²) in [5, 5.41) is 9.32. The molecule has 1 N–H and O–H groups in total. The maximum absolute atomic E-state index is 9.32. The molecule has 1 heterocycles. The molecule has 3 heteroatoms. The Morgan fingerprint density at radius 2 is 1.75 bits per heavy atom. The summed E-state index contributed by atoms with van der Waals surface area (Å²) >= 11 is 0. The predicted molar refractivity (Wildman–Crippen MR) is 78.3 cm³/mol. The summed E-state index contributed by atoms with van der Waals surface area (Å²) in [6.07, 6.45) is 7.66. The first-order chi connectivity index (χ1) is 9.85. The summed E-state index contributed by atoms with van der Waals surface area (Å²) in [4.78, 5) is 9.14. The van der Waals surface area contributed by atoms with Crippen molar-refractivity contribution in [1.29, 1.82) is 0 Å². The summed E-state index contributed by atoms with van der Waals surface area (Å²) < 4.78 is 0. The lowest BCUT2D eigenvalue weighted by Crippen LogP contribution is -2.33. The van der Waals surface area contributed by atoms with Crippen molar-refractivity contribution in [1.82, 2.24) is 9.97 Å². The number of hydrogen-bond donors (Lipinski definition) is 1. The second-order valence-corrected chi connectivity index (χ2v) is 5.54. The van der Waals surface area contributed by atoms with Crippen LogP contribution in [0.5, 0.6) is 0 Å². The van der Waals surface area contributed by atoms with E-state index in [0.29, 0.717) is 5.69 Å². The third-order valence-corrected chi connectivity index (χ3v) is 4.34. The summed E-state index contributed by atoms with van der Waals surface area (Å²) in [6.45, 7) is -0.0274. The molecule has 1 saturated carbocycles. The number of benzene rings is 1. The SMILES string of the molecule is OCc1ccnc(C2(c3ccccc3)CCCCC2)n1. The topological polar surface area (TPSA) is 46.0 Å². The van der Waals surface area contributed by atoms with Gasteiger partial charge in [0.1, 0.15) is 5.82 Å². The minimum Gasteiger partial charge on any atom is -0.390 e. The lowest BCUT2D eigenvalue weighted by molar-refractivity contribution is 0.273. The first-order valence-electron chi connectivity index (χ1n) is 7.34. The van der Waals surface area contributed by atoms with Crippen LogP contribution in [0.1, 0.15) is 49.2 Å². The average molecular weight is 268 g/mol. The molecule has 0 saturated heterocycles. The van der Waals surface area contributed by atoms with Gasteiger partial charge in [-0.25, -0.2) is 9.97 Å². The number of aromatic nitrogens is 2. The molecule has 3 rings (SSSR count). The fourth-order valence-corrected chi connectivity index (χ4v) is 3.27. The number of aliphatic hydroxyl groups is 1. The zero-order valence-electron chi connectivity index (χ0n) is 11.6. The number of hydrogen-bond acceptors (Lipinski definition) is 3. The fourth-order valence-electron chi connectivity index (χ4n) is 3.27. The Hall–Kier alpha value is -1.74. The van der Waals surface area contributed by atoms with Crippen molar-refractivity contribution in [3.05, 3.63) is 59.7 Å². The van der Waals surface area contributed by atoms with Crippen molar-refractivity contribution in [2.75, 3.05) is 0 Å². The van der Waals surface area contributed by atoms with E-state index in [9.17, 15) is 5.11 Å². The van der Waals surface area contributed by atoms with E-state index in [-0.39, 0.29) is 12.0 Å². The van der Waals surface area contributed by atoms with Crippen molar-refractivity contribution < 1.29 is 5.11 Å². The molecule has 0 atom stereocenters. The van der Waals surface area contributed by atoms with Gasteiger partial charge in [-0.1, -0.05) is 49.6 Å². The van der Waals surface area contributed by atoms with Gasteiger partial charge < -0.3 is 5.11 Å². The highest BCUT2D eigenvalue weighted by Crippen LogP contribution is 2.43. The van der Waals surface area contributed by atoms with Crippen LogP contribution in [0.15, 0.2) is 42.6 Å². The molecule has 104 valence electrons. The Balaban J connectivity index is 2.10. The molecule has 1 aliphatic carbocycles. The lowest BCUT2D eigenvalue weighted by atomic mass is 9.68. The Kier molecular flexibility index (Phi) is 3.79. The van der Waals surface area contributed by atoms with Gasteiger partial charge in [0, 0.05) is 6.20 Å². The molecule has 0 spiro atoms. The first kappa shape index (κ1) is 13.3. The molecule has 1 aliphatic rings. The quantitative estimate of drug-likeness (QED) is 0.929. The van der Waals surface area contributed by atoms with Crippen LogP contribution in [0, 0.1) is 0 Å². The van der Waals surface area contributed by atoms with Gasteiger partial charge in [-0.2, -0.15) is 0 Å². The van der Waals surface area contributed by atoms with Gasteiger partial charge in [0.15, 0.2) is 0 Å². The maximum Gasteiger partial charge on any atom is 0.139 e. The fraction of sp³-hybridized carbons (Fsp3) is 0.412. The normalized spacial score (nSPS) is 17.9. The Morgan fingerprint density at radius 3 is 2.45 bits per heavy atom. The van der Waals surface area contributed by atoms with Crippen molar-refractivity contribution in [3.63, 3.8) is 0 Å². The predicted octanol–water partition coefficient (Wildman–Crippen LogP) is 3.22. The van der Waals surface area contributed by atoms with Crippen molar-refractivity contribution in [2.45, 2.75) is 44.1 Å². The van der Waals surface area contributed by atoms with Crippen LogP contribution in [-0.4, -0.2) is 15.1 Å². The molecule has 20 heavy (non-hydrogen) atoms. The van der Waals surface area contributed by atoms with Crippen LogP contribution in [0.4, 0.5) is 0 Å². The minimum absolute atomic E-state index is 0.0274. The van der Waals surface area contributed by atoms with E-state index in [1.165, 1.54) is 24.8 Å². The van der Waals surface area contributed by atoms with Gasteiger partial charge in [-0.3, -0.25) is 0 Å². The van der Waals surface area contributed by atoms with E-state index in [4.69, 9.17) is 0 Å². The standard InChI is InChI=1S/C17H20N2O/c20-13-15-9-12-18-16(19-15)17(10-5-2-6-11-17)14-7-3-1-4-8-14/h1,3-4,7-9,12,20H,2,5-6,10-11,13H2. The lowest BCUT2D eigenvalue weighted by Gasteiger charge is -2.36. The zero-order chi connectivity index (χ0) is 13.8. The highest BCUT2D eigenvalue weighted by atomic mass is 16.3. The van der Waals surface area contributed by atoms with Gasteiger partial charge in [0.2, 0.25) is 0 Å². The smallest absolute Gasteiger partial charge is 0.139 e. The van der Waals surface area contributed by atoms with Gasteiger partial charge in [-0.05, 0) is 24.5 Å². The molecule has 1 aromatic heterocycles. The highest BCUT2D eigenvalue weighted by Gasteiger charge is 2.38.